The van der Waals surface area contributed by atoms with Gasteiger partial charge in [-0.3, -0.25) is 9.79 Å². The first kappa shape index (κ1) is 14.5. The molecule has 21 heavy (non-hydrogen) atoms. The lowest BCUT2D eigenvalue weighted by Crippen LogP contribution is -2.43. The molecule has 1 atom stereocenters. The zero-order valence-corrected chi connectivity index (χ0v) is 13.5. The summed E-state index contributed by atoms with van der Waals surface area (Å²) in [5.74, 6) is 0.346. The van der Waals surface area contributed by atoms with Crippen LogP contribution in [-0.4, -0.2) is 39.5 Å². The van der Waals surface area contributed by atoms with Crippen LogP contribution >= 0.6 is 39.1 Å². The van der Waals surface area contributed by atoms with E-state index in [9.17, 15) is 4.79 Å². The summed E-state index contributed by atoms with van der Waals surface area (Å²) >= 11 is 15.1. The van der Waals surface area contributed by atoms with E-state index in [4.69, 9.17) is 23.2 Å². The Morgan fingerprint density at radius 2 is 2.29 bits per heavy atom. The Kier molecular flexibility index (Phi) is 3.97. The van der Waals surface area contributed by atoms with Crippen molar-refractivity contribution in [2.24, 2.45) is 10.1 Å². The van der Waals surface area contributed by atoms with Crippen LogP contribution in [-0.2, 0) is 4.79 Å². The molecule has 0 saturated carbocycles. The molecule has 1 N–H and O–H groups in total. The van der Waals surface area contributed by atoms with E-state index in [1.807, 2.05) is 0 Å². The number of anilines is 1. The molecular weight excluding hydrogens is 381 g/mol. The Morgan fingerprint density at radius 3 is 3.05 bits per heavy atom. The van der Waals surface area contributed by atoms with Crippen molar-refractivity contribution >= 4 is 61.7 Å². The van der Waals surface area contributed by atoms with Crippen LogP contribution < -0.4 is 5.32 Å². The normalized spacial score (nSPS) is 20.4. The van der Waals surface area contributed by atoms with Gasteiger partial charge in [0.05, 0.1) is 11.0 Å². The highest BCUT2D eigenvalue weighted by atomic mass is 79.9. The first-order chi connectivity index (χ1) is 10.0. The number of pyridine rings is 1. The number of allylic oxidation sites excluding steroid dienone is 1. The zero-order valence-electron chi connectivity index (χ0n) is 10.4. The number of nitrogens with zero attached hydrogens (tertiary/aromatic N) is 4. The number of amidine groups is 1. The van der Waals surface area contributed by atoms with Gasteiger partial charge >= 0.3 is 0 Å². The van der Waals surface area contributed by atoms with Crippen molar-refractivity contribution < 1.29 is 4.79 Å². The number of halogens is 3. The Balaban J connectivity index is 1.77. The highest BCUT2D eigenvalue weighted by molar-refractivity contribution is 9.12. The third-order valence-corrected chi connectivity index (χ3v) is 3.86. The Bertz CT molecular complexity index is 703. The summed E-state index contributed by atoms with van der Waals surface area (Å²) in [6, 6.07) is 2.67. The summed E-state index contributed by atoms with van der Waals surface area (Å²) in [5, 5.41) is 8.99. The van der Waals surface area contributed by atoms with Crippen LogP contribution in [0.5, 0.6) is 0 Å². The molecule has 0 aliphatic carbocycles. The minimum atomic E-state index is -0.554. The first-order valence-electron chi connectivity index (χ1n) is 5.92. The fraction of sp³-hybridized carbons (Fsp3) is 0.167. The van der Waals surface area contributed by atoms with Crippen LogP contribution in [0.1, 0.15) is 0 Å². The molecule has 9 heteroatoms. The second kappa shape index (κ2) is 5.75. The topological polar surface area (TPSA) is 70.0 Å². The minimum absolute atomic E-state index is 0.244. The molecule has 1 unspecified atom stereocenters. The van der Waals surface area contributed by atoms with E-state index >= 15 is 0 Å². The molecule has 0 spiro atoms. The predicted octanol–water partition coefficient (Wildman–Crippen LogP) is 2.60. The van der Waals surface area contributed by atoms with E-state index in [0.717, 1.165) is 0 Å². The fourth-order valence-corrected chi connectivity index (χ4v) is 2.99. The fourth-order valence-electron chi connectivity index (χ4n) is 1.97. The minimum Gasteiger partial charge on any atom is -0.324 e. The van der Waals surface area contributed by atoms with Gasteiger partial charge in [-0.05, 0) is 34.1 Å². The monoisotopic (exact) mass is 387 g/mol. The summed E-state index contributed by atoms with van der Waals surface area (Å²) in [6.45, 7) is 0.302. The summed E-state index contributed by atoms with van der Waals surface area (Å²) in [4.78, 5) is 20.5. The van der Waals surface area contributed by atoms with Crippen LogP contribution in [0.3, 0.4) is 0 Å². The second-order valence-electron chi connectivity index (χ2n) is 4.30. The molecule has 6 nitrogen and oxygen atoms in total. The van der Waals surface area contributed by atoms with E-state index < -0.39 is 6.04 Å². The average Bonchev–Trinajstić information content (AvgIpc) is 2.82. The van der Waals surface area contributed by atoms with Crippen LogP contribution in [0.2, 0.25) is 5.15 Å². The average molecular weight is 389 g/mol. The molecule has 1 aromatic rings. The quantitative estimate of drug-likeness (QED) is 0.791. The molecule has 3 rings (SSSR count). The smallest absolute Gasteiger partial charge is 0.251 e. The number of hydrogen-bond donors (Lipinski definition) is 1. The number of aliphatic imine (C=N–C) groups is 1. The Labute approximate surface area is 138 Å². The number of carbonyl (C=O) groups is 1. The summed E-state index contributed by atoms with van der Waals surface area (Å²) in [6.07, 6.45) is 3.16. The van der Waals surface area contributed by atoms with Gasteiger partial charge in [0.2, 0.25) is 0 Å². The molecule has 0 aromatic carbocycles. The first-order valence-corrected chi connectivity index (χ1v) is 7.47. The van der Waals surface area contributed by atoms with Crippen LogP contribution in [0, 0.1) is 0 Å². The molecule has 1 aromatic heterocycles. The molecule has 0 fully saturated rings. The van der Waals surface area contributed by atoms with Crippen molar-refractivity contribution in [3.05, 3.63) is 34.0 Å². The lowest BCUT2D eigenvalue weighted by Gasteiger charge is -2.24. The van der Waals surface area contributed by atoms with Gasteiger partial charge < -0.3 is 5.32 Å². The van der Waals surface area contributed by atoms with Gasteiger partial charge in [-0.15, -0.1) is 0 Å². The number of carbonyl (C=O) groups excluding carboxylic acids is 1. The number of aromatic nitrogens is 1. The predicted molar refractivity (Wildman–Crippen MR) is 86.1 cm³/mol. The van der Waals surface area contributed by atoms with Crippen molar-refractivity contribution in [3.8, 4) is 0 Å². The van der Waals surface area contributed by atoms with E-state index in [1.165, 1.54) is 11.2 Å². The van der Waals surface area contributed by atoms with Crippen molar-refractivity contribution in [2.45, 2.75) is 6.04 Å². The van der Waals surface area contributed by atoms with Crippen molar-refractivity contribution in [2.75, 3.05) is 11.9 Å². The number of fused-ring (bicyclic) bond motifs is 1. The highest BCUT2D eigenvalue weighted by Crippen LogP contribution is 2.26. The van der Waals surface area contributed by atoms with Crippen molar-refractivity contribution in [1.82, 2.24) is 9.99 Å². The van der Waals surface area contributed by atoms with E-state index in [1.54, 1.807) is 18.2 Å². The standard InChI is InChI=1S/C12H8BrCl2N5O/c13-7-4-10(15)19-20-8(5-17-11(7)20)12(21)18-6-1-2-16-9(14)3-6/h1-4,8H,5H2,(H,16,18,21). The molecular formula is C12H8BrCl2N5O. The Hall–Kier alpha value is -1.44. The SMILES string of the molecule is O=C(Nc1ccnc(Cl)c1)C1CN=C2C(Br)=CC(Cl)=NN21. The maximum atomic E-state index is 12.4. The van der Waals surface area contributed by atoms with Crippen LogP contribution in [0.25, 0.3) is 0 Å². The molecule has 0 bridgehead atoms. The highest BCUT2D eigenvalue weighted by Gasteiger charge is 2.36. The zero-order chi connectivity index (χ0) is 15.0. The molecule has 2 aliphatic rings. The largest absolute Gasteiger partial charge is 0.324 e. The second-order valence-corrected chi connectivity index (χ2v) is 5.92. The van der Waals surface area contributed by atoms with Gasteiger partial charge in [0.25, 0.3) is 5.91 Å². The number of hydrazone groups is 1. The number of rotatable bonds is 2. The number of nitrogens with one attached hydrogen (secondary N) is 1. The summed E-state index contributed by atoms with van der Waals surface area (Å²) in [7, 11) is 0. The van der Waals surface area contributed by atoms with Crippen molar-refractivity contribution in [3.63, 3.8) is 0 Å². The molecule has 3 heterocycles. The maximum Gasteiger partial charge on any atom is 0.251 e. The van der Waals surface area contributed by atoms with E-state index in [2.05, 4.69) is 36.3 Å². The van der Waals surface area contributed by atoms with Gasteiger partial charge in [0.15, 0.2) is 17.0 Å². The van der Waals surface area contributed by atoms with E-state index in [-0.39, 0.29) is 11.1 Å². The number of hydrogen-bond acceptors (Lipinski definition) is 5. The Morgan fingerprint density at radius 1 is 1.48 bits per heavy atom. The molecule has 2 aliphatic heterocycles. The molecule has 0 radical (unpaired) electrons. The van der Waals surface area contributed by atoms with Crippen molar-refractivity contribution in [1.29, 1.82) is 0 Å². The van der Waals surface area contributed by atoms with Gasteiger partial charge in [-0.2, -0.15) is 5.10 Å². The lowest BCUT2D eigenvalue weighted by molar-refractivity contribution is -0.119. The lowest BCUT2D eigenvalue weighted by atomic mass is 10.2. The third kappa shape index (κ3) is 2.95. The summed E-state index contributed by atoms with van der Waals surface area (Å²) < 4.78 is 0.699. The van der Waals surface area contributed by atoms with Crippen LogP contribution in [0.15, 0.2) is 39.0 Å². The maximum absolute atomic E-state index is 12.4. The summed E-state index contributed by atoms with van der Waals surface area (Å²) in [5.41, 5.74) is 0.565. The van der Waals surface area contributed by atoms with Gasteiger partial charge in [0, 0.05) is 11.9 Å². The van der Waals surface area contributed by atoms with E-state index in [0.29, 0.717) is 27.7 Å². The van der Waals surface area contributed by atoms with Gasteiger partial charge in [0.1, 0.15) is 5.15 Å². The van der Waals surface area contributed by atoms with Crippen LogP contribution in [0.4, 0.5) is 5.69 Å². The van der Waals surface area contributed by atoms with Gasteiger partial charge in [-0.25, -0.2) is 9.99 Å². The number of amides is 1. The molecule has 108 valence electrons. The van der Waals surface area contributed by atoms with Gasteiger partial charge in [-0.1, -0.05) is 23.2 Å². The molecule has 1 amide bonds. The molecule has 0 saturated heterocycles. The third-order valence-electron chi connectivity index (χ3n) is 2.89.